The van der Waals surface area contributed by atoms with Crippen LogP contribution in [0, 0.1) is 11.3 Å². The molecule has 9 nitrogen and oxygen atoms in total. The number of carbonyl (C=O) groups excluding carboxylic acids is 1. The summed E-state index contributed by atoms with van der Waals surface area (Å²) in [5.74, 6) is -3.33. The molecule has 1 aliphatic heterocycles. The summed E-state index contributed by atoms with van der Waals surface area (Å²) in [5, 5.41) is 28.8. The fourth-order valence-corrected chi connectivity index (χ4v) is 5.67. The maximum atomic E-state index is 13.4. The van der Waals surface area contributed by atoms with E-state index >= 15 is 0 Å². The number of pyridine rings is 1. The number of hydrogen-bond acceptors (Lipinski definition) is 7. The number of alkyl halides is 2. The second-order valence-electron chi connectivity index (χ2n) is 10.6. The van der Waals surface area contributed by atoms with E-state index in [1.54, 1.807) is 30.5 Å². The number of aromatic amines is 1. The molecule has 0 spiro atoms. The van der Waals surface area contributed by atoms with Gasteiger partial charge in [0.05, 0.1) is 53.2 Å². The van der Waals surface area contributed by atoms with Gasteiger partial charge in [-0.15, -0.1) is 0 Å². The minimum Gasteiger partial charge on any atom is -0.377 e. The number of carbonyl (C=O) groups is 1. The number of likely N-dealkylation sites (tertiary alicyclic amines) is 1. The minimum atomic E-state index is -2.86. The van der Waals surface area contributed by atoms with Crippen molar-refractivity contribution < 1.29 is 13.6 Å². The summed E-state index contributed by atoms with van der Waals surface area (Å²) in [5.41, 5.74) is 4.65. The predicted octanol–water partition coefficient (Wildman–Crippen LogP) is 6.73. The fourth-order valence-electron chi connectivity index (χ4n) is 5.40. The van der Waals surface area contributed by atoms with E-state index in [4.69, 9.17) is 11.6 Å². The van der Waals surface area contributed by atoms with E-state index in [0.29, 0.717) is 44.1 Å². The second kappa shape index (κ2) is 11.9. The molecule has 2 unspecified atom stereocenters. The van der Waals surface area contributed by atoms with Crippen LogP contribution in [-0.2, 0) is 0 Å². The van der Waals surface area contributed by atoms with Crippen LogP contribution in [0.25, 0.3) is 10.9 Å². The lowest BCUT2D eigenvalue weighted by atomic mass is 9.99. The largest absolute Gasteiger partial charge is 0.377 e. The number of fused-ring (bicyclic) bond motifs is 1. The Morgan fingerprint density at radius 2 is 1.86 bits per heavy atom. The van der Waals surface area contributed by atoms with Crippen molar-refractivity contribution in [2.24, 2.45) is 0 Å². The summed E-state index contributed by atoms with van der Waals surface area (Å²) >= 11 is 6.76. The third-order valence-corrected chi connectivity index (χ3v) is 7.90. The number of hydrogen-bond donors (Lipinski definition) is 3. The Morgan fingerprint density at radius 1 is 1.09 bits per heavy atom. The quantitative estimate of drug-likeness (QED) is 0.169. The molecule has 3 N–H and O–H groups in total. The highest BCUT2D eigenvalue weighted by Gasteiger charge is 2.46. The molecule has 1 aliphatic rings. The third-order valence-electron chi connectivity index (χ3n) is 7.61. The van der Waals surface area contributed by atoms with Gasteiger partial charge in [0.15, 0.2) is 0 Å². The van der Waals surface area contributed by atoms with E-state index in [1.807, 2.05) is 42.5 Å². The molecule has 12 heteroatoms. The normalized spacial score (nSPS) is 15.2. The average Bonchev–Trinajstić information content (AvgIpc) is 3.56. The first-order chi connectivity index (χ1) is 21.3. The number of nitrogens with zero attached hydrogens (tertiary/aromatic N) is 5. The molecular weight excluding hydrogens is 586 g/mol. The van der Waals surface area contributed by atoms with Gasteiger partial charge in [0.2, 0.25) is 0 Å². The second-order valence-corrected chi connectivity index (χ2v) is 11.1. The van der Waals surface area contributed by atoms with Crippen LogP contribution >= 0.6 is 11.6 Å². The first-order valence-corrected chi connectivity index (χ1v) is 14.4. The number of amides is 1. The van der Waals surface area contributed by atoms with Gasteiger partial charge in [0.25, 0.3) is 11.8 Å². The number of benzene rings is 3. The Labute approximate surface area is 256 Å². The average molecular weight is 613 g/mol. The molecule has 1 saturated heterocycles. The standard InChI is InChI=1S/C32H27ClF2N8O/c1-2-26(19-7-4-3-5-8-19)40-28-22(14-36)15-37-30-24(28)12-23(13-25(30)33)39-29(27-16-38-42-41-27)20-9-6-10-21(11-20)31(44)43-17-32(34,35)18-43/h3-13,15-16,26,29,39H,2,17-18H2,1H3,(H,37,40)(H,38,41,42). The molecule has 44 heavy (non-hydrogen) atoms. The zero-order chi connectivity index (χ0) is 30.8. The Hall–Kier alpha value is -5.08. The third kappa shape index (κ3) is 5.76. The van der Waals surface area contributed by atoms with Crippen LogP contribution in [0.15, 0.2) is 79.1 Å². The van der Waals surface area contributed by atoms with Crippen molar-refractivity contribution in [1.82, 2.24) is 25.3 Å². The Bertz CT molecular complexity index is 1850. The van der Waals surface area contributed by atoms with Crippen LogP contribution < -0.4 is 10.6 Å². The first kappa shape index (κ1) is 29.0. The predicted molar refractivity (Wildman–Crippen MR) is 164 cm³/mol. The van der Waals surface area contributed by atoms with E-state index in [9.17, 15) is 18.8 Å². The maximum absolute atomic E-state index is 13.4. The number of aromatic nitrogens is 4. The van der Waals surface area contributed by atoms with Crippen LogP contribution in [0.5, 0.6) is 0 Å². The van der Waals surface area contributed by atoms with Crippen molar-refractivity contribution >= 4 is 39.8 Å². The van der Waals surface area contributed by atoms with Crippen molar-refractivity contribution in [3.8, 4) is 6.07 Å². The lowest BCUT2D eigenvalue weighted by molar-refractivity contribution is -0.113. The zero-order valence-corrected chi connectivity index (χ0v) is 24.3. The van der Waals surface area contributed by atoms with Gasteiger partial charge in [-0.2, -0.15) is 20.7 Å². The van der Waals surface area contributed by atoms with E-state index < -0.39 is 31.0 Å². The SMILES string of the molecule is CCC(Nc1c(C#N)cnc2c(Cl)cc(NC(c3cccc(C(=O)N4CC(F)(F)C4)c3)c3cn[nH]n3)cc12)c1ccccc1. The van der Waals surface area contributed by atoms with Gasteiger partial charge >= 0.3 is 0 Å². The number of nitrogens with one attached hydrogen (secondary N) is 3. The highest BCUT2D eigenvalue weighted by atomic mass is 35.5. The molecule has 2 aromatic heterocycles. The first-order valence-electron chi connectivity index (χ1n) is 14.0. The molecule has 222 valence electrons. The molecule has 0 radical (unpaired) electrons. The van der Waals surface area contributed by atoms with Crippen LogP contribution in [-0.4, -0.2) is 50.2 Å². The summed E-state index contributed by atoms with van der Waals surface area (Å²) in [6.07, 6.45) is 3.83. The Morgan fingerprint density at radius 3 is 2.55 bits per heavy atom. The van der Waals surface area contributed by atoms with Gasteiger partial charge in [-0.05, 0) is 41.8 Å². The van der Waals surface area contributed by atoms with Gasteiger partial charge in [-0.1, -0.05) is 61.0 Å². The molecule has 0 bridgehead atoms. The van der Waals surface area contributed by atoms with Crippen molar-refractivity contribution in [3.63, 3.8) is 0 Å². The van der Waals surface area contributed by atoms with Gasteiger partial charge in [-0.3, -0.25) is 9.78 Å². The summed E-state index contributed by atoms with van der Waals surface area (Å²) in [6, 6.07) is 21.9. The molecule has 1 amide bonds. The fraction of sp³-hybridized carbons (Fsp3) is 0.219. The smallest absolute Gasteiger partial charge is 0.282 e. The Kier molecular flexibility index (Phi) is 7.84. The maximum Gasteiger partial charge on any atom is 0.282 e. The van der Waals surface area contributed by atoms with Crippen LogP contribution in [0.4, 0.5) is 20.2 Å². The number of rotatable bonds is 9. The molecular formula is C32H27ClF2N8O. The monoisotopic (exact) mass is 612 g/mol. The Balaban J connectivity index is 1.38. The summed E-state index contributed by atoms with van der Waals surface area (Å²) in [7, 11) is 0. The number of halogens is 3. The van der Waals surface area contributed by atoms with E-state index in [0.717, 1.165) is 16.9 Å². The van der Waals surface area contributed by atoms with Crippen LogP contribution in [0.2, 0.25) is 5.02 Å². The number of H-pyrrole nitrogens is 1. The highest BCUT2D eigenvalue weighted by molar-refractivity contribution is 6.35. The number of anilines is 2. The lowest BCUT2D eigenvalue weighted by Crippen LogP contribution is -2.58. The van der Waals surface area contributed by atoms with Crippen molar-refractivity contribution in [2.45, 2.75) is 31.4 Å². The van der Waals surface area contributed by atoms with Crippen LogP contribution in [0.1, 0.15) is 58.2 Å². The van der Waals surface area contributed by atoms with Crippen LogP contribution in [0.3, 0.4) is 0 Å². The van der Waals surface area contributed by atoms with Gasteiger partial charge < -0.3 is 15.5 Å². The summed E-state index contributed by atoms with van der Waals surface area (Å²) in [4.78, 5) is 18.5. The molecule has 0 aliphatic carbocycles. The van der Waals surface area contributed by atoms with E-state index in [2.05, 4.69) is 44.0 Å². The molecule has 1 fully saturated rings. The van der Waals surface area contributed by atoms with Gasteiger partial charge in [-0.25, -0.2) is 8.78 Å². The van der Waals surface area contributed by atoms with Gasteiger partial charge in [0.1, 0.15) is 11.8 Å². The van der Waals surface area contributed by atoms with Crippen molar-refractivity contribution in [1.29, 1.82) is 5.26 Å². The molecule has 5 aromatic rings. The number of nitriles is 1. The molecule has 3 aromatic carbocycles. The molecule has 3 heterocycles. The topological polar surface area (TPSA) is 123 Å². The molecule has 6 rings (SSSR count). The zero-order valence-electron chi connectivity index (χ0n) is 23.6. The molecule has 0 saturated carbocycles. The van der Waals surface area contributed by atoms with Crippen molar-refractivity contribution in [3.05, 3.63) is 112 Å². The minimum absolute atomic E-state index is 0.0706. The van der Waals surface area contributed by atoms with E-state index in [1.165, 1.54) is 6.20 Å². The van der Waals surface area contributed by atoms with E-state index in [-0.39, 0.29) is 11.6 Å². The van der Waals surface area contributed by atoms with Gasteiger partial charge in [0, 0.05) is 22.8 Å². The lowest BCUT2D eigenvalue weighted by Gasteiger charge is -2.38. The van der Waals surface area contributed by atoms with Crippen molar-refractivity contribution in [2.75, 3.05) is 23.7 Å². The summed E-state index contributed by atoms with van der Waals surface area (Å²) < 4.78 is 26.9. The molecule has 2 atom stereocenters. The summed E-state index contributed by atoms with van der Waals surface area (Å²) in [6.45, 7) is 0.860. The highest BCUT2D eigenvalue weighted by Crippen LogP contribution is 2.37.